The van der Waals surface area contributed by atoms with Gasteiger partial charge < -0.3 is 19.9 Å². The maximum absolute atomic E-state index is 12.8. The number of nitrogens with one attached hydrogen (secondary N) is 1. The summed E-state index contributed by atoms with van der Waals surface area (Å²) in [5.41, 5.74) is 5.55. The summed E-state index contributed by atoms with van der Waals surface area (Å²) in [4.78, 5) is 29.4. The lowest BCUT2D eigenvalue weighted by molar-refractivity contribution is -0.122. The number of carbonyl (C=O) groups is 2. The molecule has 0 saturated carbocycles. The van der Waals surface area contributed by atoms with Gasteiger partial charge in [0.1, 0.15) is 0 Å². The molecule has 2 saturated heterocycles. The third-order valence-corrected chi connectivity index (χ3v) is 6.40. The third kappa shape index (κ3) is 3.79. The number of benzene rings is 2. The molecular weight excluding hydrogens is 378 g/mol. The number of hydrogen-bond acceptors (Lipinski definition) is 4. The molecule has 0 aromatic heterocycles. The molecule has 1 unspecified atom stereocenters. The van der Waals surface area contributed by atoms with Gasteiger partial charge in [0.05, 0.1) is 19.1 Å². The molecule has 6 nitrogen and oxygen atoms in total. The Hall–Kier alpha value is -2.86. The molecule has 156 valence electrons. The van der Waals surface area contributed by atoms with E-state index in [1.807, 2.05) is 30.3 Å². The SMILES string of the molecule is O=C(Nc1ccc(N2CCOCC2)cc1)C1CC(=O)N(c2ccc3c(c2)CCC3)C1. The van der Waals surface area contributed by atoms with Crippen LogP contribution in [0.4, 0.5) is 17.1 Å². The first-order valence-electron chi connectivity index (χ1n) is 10.8. The monoisotopic (exact) mass is 405 g/mol. The maximum atomic E-state index is 12.8. The van der Waals surface area contributed by atoms with E-state index >= 15 is 0 Å². The second-order valence-electron chi connectivity index (χ2n) is 8.35. The van der Waals surface area contributed by atoms with E-state index in [0.717, 1.165) is 56.2 Å². The highest BCUT2D eigenvalue weighted by atomic mass is 16.5. The summed E-state index contributed by atoms with van der Waals surface area (Å²) in [6.07, 6.45) is 3.64. The fraction of sp³-hybridized carbons (Fsp3) is 0.417. The number of hydrogen-bond donors (Lipinski definition) is 1. The summed E-state index contributed by atoms with van der Waals surface area (Å²) in [6.45, 7) is 3.70. The Kier molecular flexibility index (Phi) is 5.17. The second-order valence-corrected chi connectivity index (χ2v) is 8.35. The lowest BCUT2D eigenvalue weighted by Gasteiger charge is -2.28. The lowest BCUT2D eigenvalue weighted by Crippen LogP contribution is -2.36. The number of carbonyl (C=O) groups excluding carboxylic acids is 2. The summed E-state index contributed by atoms with van der Waals surface area (Å²) in [6, 6.07) is 14.2. The van der Waals surface area contributed by atoms with Gasteiger partial charge in [-0.2, -0.15) is 0 Å². The van der Waals surface area contributed by atoms with Crippen LogP contribution in [0.1, 0.15) is 24.0 Å². The number of amides is 2. The molecule has 5 rings (SSSR count). The molecule has 3 aliphatic rings. The van der Waals surface area contributed by atoms with Crippen molar-refractivity contribution >= 4 is 28.9 Å². The van der Waals surface area contributed by atoms with Crippen molar-refractivity contribution in [2.24, 2.45) is 5.92 Å². The van der Waals surface area contributed by atoms with Gasteiger partial charge in [-0.1, -0.05) is 6.07 Å². The first-order chi connectivity index (χ1) is 14.7. The second kappa shape index (κ2) is 8.11. The zero-order valence-electron chi connectivity index (χ0n) is 17.1. The van der Waals surface area contributed by atoms with Gasteiger partial charge in [0, 0.05) is 43.1 Å². The normalized spacial score (nSPS) is 21.1. The lowest BCUT2D eigenvalue weighted by atomic mass is 10.1. The minimum absolute atomic E-state index is 0.0239. The van der Waals surface area contributed by atoms with Gasteiger partial charge >= 0.3 is 0 Å². The number of fused-ring (bicyclic) bond motifs is 1. The van der Waals surface area contributed by atoms with Crippen LogP contribution in [-0.2, 0) is 27.2 Å². The van der Waals surface area contributed by atoms with E-state index in [0.29, 0.717) is 6.54 Å². The largest absolute Gasteiger partial charge is 0.378 e. The zero-order valence-corrected chi connectivity index (χ0v) is 17.1. The Labute approximate surface area is 176 Å². The molecule has 30 heavy (non-hydrogen) atoms. The predicted octanol–water partition coefficient (Wildman–Crippen LogP) is 3.00. The molecule has 2 amide bonds. The van der Waals surface area contributed by atoms with Crippen LogP contribution in [-0.4, -0.2) is 44.7 Å². The van der Waals surface area contributed by atoms with Crippen molar-refractivity contribution in [3.63, 3.8) is 0 Å². The number of ether oxygens (including phenoxy) is 1. The average molecular weight is 405 g/mol. The molecule has 0 radical (unpaired) electrons. The molecule has 1 aliphatic carbocycles. The highest BCUT2D eigenvalue weighted by molar-refractivity contribution is 6.03. The van der Waals surface area contributed by atoms with Crippen molar-refractivity contribution in [1.29, 1.82) is 0 Å². The molecule has 2 heterocycles. The van der Waals surface area contributed by atoms with Gasteiger partial charge in [0.15, 0.2) is 0 Å². The van der Waals surface area contributed by atoms with Crippen molar-refractivity contribution < 1.29 is 14.3 Å². The van der Waals surface area contributed by atoms with E-state index in [1.54, 1.807) is 4.90 Å². The molecule has 1 N–H and O–H groups in total. The topological polar surface area (TPSA) is 61.9 Å². The van der Waals surface area contributed by atoms with Crippen LogP contribution in [0.15, 0.2) is 42.5 Å². The van der Waals surface area contributed by atoms with Crippen LogP contribution in [0.2, 0.25) is 0 Å². The van der Waals surface area contributed by atoms with Crippen LogP contribution < -0.4 is 15.1 Å². The molecule has 0 spiro atoms. The predicted molar refractivity (Wildman–Crippen MR) is 117 cm³/mol. The number of nitrogens with zero attached hydrogens (tertiary/aromatic N) is 2. The van der Waals surface area contributed by atoms with Gasteiger partial charge in [-0.25, -0.2) is 0 Å². The molecule has 2 aromatic carbocycles. The molecule has 2 aliphatic heterocycles. The van der Waals surface area contributed by atoms with Crippen LogP contribution in [0, 0.1) is 5.92 Å². The third-order valence-electron chi connectivity index (χ3n) is 6.40. The minimum atomic E-state index is -0.329. The number of aryl methyl sites for hydroxylation is 2. The first-order valence-corrected chi connectivity index (χ1v) is 10.8. The Bertz CT molecular complexity index is 951. The van der Waals surface area contributed by atoms with Gasteiger partial charge in [-0.3, -0.25) is 9.59 Å². The van der Waals surface area contributed by atoms with Crippen molar-refractivity contribution in [2.75, 3.05) is 48.0 Å². The minimum Gasteiger partial charge on any atom is -0.378 e. The number of rotatable bonds is 4. The summed E-state index contributed by atoms with van der Waals surface area (Å²) >= 11 is 0. The molecule has 2 fully saturated rings. The fourth-order valence-electron chi connectivity index (χ4n) is 4.68. The molecular formula is C24H27N3O3. The van der Waals surface area contributed by atoms with Gasteiger partial charge in [-0.15, -0.1) is 0 Å². The number of anilines is 3. The smallest absolute Gasteiger partial charge is 0.229 e. The van der Waals surface area contributed by atoms with Crippen LogP contribution in [0.25, 0.3) is 0 Å². The summed E-state index contributed by atoms with van der Waals surface area (Å²) in [5.74, 6) is -0.397. The molecule has 1 atom stereocenters. The van der Waals surface area contributed by atoms with E-state index in [9.17, 15) is 9.59 Å². The van der Waals surface area contributed by atoms with E-state index in [1.165, 1.54) is 17.5 Å². The van der Waals surface area contributed by atoms with Crippen molar-refractivity contribution in [1.82, 2.24) is 0 Å². The van der Waals surface area contributed by atoms with Crippen LogP contribution in [0.5, 0.6) is 0 Å². The van der Waals surface area contributed by atoms with Crippen molar-refractivity contribution in [2.45, 2.75) is 25.7 Å². The average Bonchev–Trinajstić information content (AvgIpc) is 3.41. The van der Waals surface area contributed by atoms with Gasteiger partial charge in [0.25, 0.3) is 0 Å². The first kappa shape index (κ1) is 19.1. The van der Waals surface area contributed by atoms with Crippen molar-refractivity contribution in [3.05, 3.63) is 53.6 Å². The Balaban J connectivity index is 1.22. The molecule has 6 heteroatoms. The Morgan fingerprint density at radius 3 is 2.50 bits per heavy atom. The van der Waals surface area contributed by atoms with E-state index in [4.69, 9.17) is 4.74 Å². The van der Waals surface area contributed by atoms with Crippen LogP contribution >= 0.6 is 0 Å². The van der Waals surface area contributed by atoms with E-state index in [-0.39, 0.29) is 24.2 Å². The van der Waals surface area contributed by atoms with Gasteiger partial charge in [0.2, 0.25) is 11.8 Å². The number of morpholine rings is 1. The quantitative estimate of drug-likeness (QED) is 0.850. The Morgan fingerprint density at radius 1 is 0.967 bits per heavy atom. The summed E-state index contributed by atoms with van der Waals surface area (Å²) < 4.78 is 5.40. The summed E-state index contributed by atoms with van der Waals surface area (Å²) in [5, 5.41) is 2.99. The van der Waals surface area contributed by atoms with Crippen LogP contribution in [0.3, 0.4) is 0 Å². The molecule has 2 aromatic rings. The zero-order chi connectivity index (χ0) is 20.5. The van der Waals surface area contributed by atoms with Gasteiger partial charge in [-0.05, 0) is 66.8 Å². The van der Waals surface area contributed by atoms with E-state index in [2.05, 4.69) is 22.3 Å². The highest BCUT2D eigenvalue weighted by Gasteiger charge is 2.35. The highest BCUT2D eigenvalue weighted by Crippen LogP contribution is 2.31. The summed E-state index contributed by atoms with van der Waals surface area (Å²) in [7, 11) is 0. The van der Waals surface area contributed by atoms with Crippen molar-refractivity contribution in [3.8, 4) is 0 Å². The van der Waals surface area contributed by atoms with E-state index < -0.39 is 0 Å². The Morgan fingerprint density at radius 2 is 1.70 bits per heavy atom. The standard InChI is InChI=1S/C24H27N3O3/c28-23-15-19(16-27(23)22-7-4-17-2-1-3-18(17)14-22)24(29)25-20-5-8-21(9-6-20)26-10-12-30-13-11-26/h4-9,14,19H,1-3,10-13,15-16H2,(H,25,29). The maximum Gasteiger partial charge on any atom is 0.229 e. The fourth-order valence-corrected chi connectivity index (χ4v) is 4.68. The molecule has 0 bridgehead atoms.